The maximum atomic E-state index is 13.0. The molecule has 2 atom stereocenters. The van der Waals surface area contributed by atoms with Crippen LogP contribution in [-0.4, -0.2) is 40.5 Å². The van der Waals surface area contributed by atoms with Crippen LogP contribution in [0.15, 0.2) is 36.4 Å². The largest absolute Gasteiger partial charge is 0.342 e. The Hall–Kier alpha value is -3.20. The number of rotatable bonds is 9. The third-order valence-electron chi connectivity index (χ3n) is 4.79. The smallest absolute Gasteiger partial charge is 0.289 e. The van der Waals surface area contributed by atoms with Gasteiger partial charge in [0.2, 0.25) is 17.7 Å². The lowest BCUT2D eigenvalue weighted by Crippen LogP contribution is -2.58. The van der Waals surface area contributed by atoms with Crippen LogP contribution in [-0.2, 0) is 14.4 Å². The van der Waals surface area contributed by atoms with Crippen molar-refractivity contribution in [3.05, 3.63) is 42.0 Å². The lowest BCUT2D eigenvalue weighted by atomic mass is 9.82. The van der Waals surface area contributed by atoms with E-state index in [1.54, 1.807) is 11.6 Å². The number of hydrogen-bond donors (Lipinski definition) is 4. The minimum Gasteiger partial charge on any atom is -0.289 e. The Morgan fingerprint density at radius 2 is 1.87 bits per heavy atom. The highest BCUT2D eigenvalue weighted by atomic mass is 16.5. The summed E-state index contributed by atoms with van der Waals surface area (Å²) in [6.07, 6.45) is 4.28. The maximum Gasteiger partial charge on any atom is 0.342 e. The zero-order chi connectivity index (χ0) is 22.1. The molecule has 2 rings (SSSR count). The van der Waals surface area contributed by atoms with Crippen molar-refractivity contribution in [2.75, 3.05) is 6.54 Å². The van der Waals surface area contributed by atoms with Gasteiger partial charge in [0.1, 0.15) is 0 Å². The van der Waals surface area contributed by atoms with Crippen molar-refractivity contribution in [3.63, 3.8) is 0 Å². The minimum absolute atomic E-state index is 0.0512. The second kappa shape index (κ2) is 11.1. The number of hydroxylamine groups is 1. The van der Waals surface area contributed by atoms with Gasteiger partial charge in [-0.3, -0.25) is 30.3 Å². The summed E-state index contributed by atoms with van der Waals surface area (Å²) in [7, 11) is 0. The SMILES string of the molecule is CC(C)C[C@@H](C(=O)NN1CCC(=O)NC1=O)[C@H](C/C=C/c1ccccc1)C(=O)NO. The number of imide groups is 1. The molecule has 9 heteroatoms. The molecule has 0 spiro atoms. The van der Waals surface area contributed by atoms with Gasteiger partial charge in [-0.15, -0.1) is 0 Å². The van der Waals surface area contributed by atoms with Crippen LogP contribution in [0.1, 0.15) is 38.7 Å². The number of amides is 5. The monoisotopic (exact) mass is 416 g/mol. The molecule has 5 amide bonds. The third-order valence-corrected chi connectivity index (χ3v) is 4.79. The van der Waals surface area contributed by atoms with Gasteiger partial charge < -0.3 is 0 Å². The summed E-state index contributed by atoms with van der Waals surface area (Å²) in [5, 5.41) is 12.4. The van der Waals surface area contributed by atoms with Crippen LogP contribution in [0.25, 0.3) is 6.08 Å². The van der Waals surface area contributed by atoms with Gasteiger partial charge >= 0.3 is 6.03 Å². The van der Waals surface area contributed by atoms with E-state index in [0.717, 1.165) is 10.6 Å². The summed E-state index contributed by atoms with van der Waals surface area (Å²) in [4.78, 5) is 48.6. The first-order valence-corrected chi connectivity index (χ1v) is 9.89. The number of hydrazine groups is 1. The highest BCUT2D eigenvalue weighted by Crippen LogP contribution is 2.25. The van der Waals surface area contributed by atoms with E-state index in [2.05, 4.69) is 10.7 Å². The summed E-state index contributed by atoms with van der Waals surface area (Å²) in [5.74, 6) is -3.14. The molecule has 162 valence electrons. The van der Waals surface area contributed by atoms with Crippen LogP contribution in [0, 0.1) is 17.8 Å². The minimum atomic E-state index is -0.841. The number of hydrogen-bond acceptors (Lipinski definition) is 5. The Balaban J connectivity index is 2.16. The molecule has 9 nitrogen and oxygen atoms in total. The van der Waals surface area contributed by atoms with Gasteiger partial charge in [0.25, 0.3) is 0 Å². The molecule has 0 saturated carbocycles. The van der Waals surface area contributed by atoms with Crippen LogP contribution >= 0.6 is 0 Å². The number of allylic oxidation sites excluding steroid dienone is 1. The van der Waals surface area contributed by atoms with Crippen molar-refractivity contribution < 1.29 is 24.4 Å². The Bertz CT molecular complexity index is 794. The molecule has 0 unspecified atom stereocenters. The molecule has 1 aromatic carbocycles. The predicted octanol–water partition coefficient (Wildman–Crippen LogP) is 1.85. The number of nitrogens with zero attached hydrogens (tertiary/aromatic N) is 1. The normalized spacial score (nSPS) is 16.3. The second-order valence-electron chi connectivity index (χ2n) is 7.60. The summed E-state index contributed by atoms with van der Waals surface area (Å²) in [5.41, 5.74) is 5.10. The Kier molecular flexibility index (Phi) is 8.54. The molecule has 1 aliphatic rings. The van der Waals surface area contributed by atoms with E-state index in [1.807, 2.05) is 50.3 Å². The number of urea groups is 1. The quantitative estimate of drug-likeness (QED) is 0.361. The fourth-order valence-electron chi connectivity index (χ4n) is 3.30. The summed E-state index contributed by atoms with van der Waals surface area (Å²) in [6.45, 7) is 3.89. The van der Waals surface area contributed by atoms with Crippen molar-refractivity contribution in [1.29, 1.82) is 0 Å². The molecular weight excluding hydrogens is 388 g/mol. The summed E-state index contributed by atoms with van der Waals surface area (Å²) < 4.78 is 0. The average molecular weight is 416 g/mol. The molecule has 0 aromatic heterocycles. The molecule has 0 aliphatic carbocycles. The lowest BCUT2D eigenvalue weighted by molar-refractivity contribution is -0.142. The first-order valence-electron chi connectivity index (χ1n) is 9.89. The summed E-state index contributed by atoms with van der Waals surface area (Å²) in [6, 6.07) is 8.78. The topological polar surface area (TPSA) is 128 Å². The number of carbonyl (C=O) groups excluding carboxylic acids is 4. The van der Waals surface area contributed by atoms with Gasteiger partial charge in [-0.2, -0.15) is 0 Å². The molecule has 1 aliphatic heterocycles. The first kappa shape index (κ1) is 23.1. The number of carbonyl (C=O) groups is 4. The lowest BCUT2D eigenvalue weighted by Gasteiger charge is -2.31. The molecule has 1 saturated heterocycles. The molecule has 4 N–H and O–H groups in total. The van der Waals surface area contributed by atoms with Gasteiger partial charge in [-0.1, -0.05) is 56.3 Å². The van der Waals surface area contributed by atoms with E-state index in [9.17, 15) is 24.4 Å². The van der Waals surface area contributed by atoms with Crippen molar-refractivity contribution in [1.82, 2.24) is 21.2 Å². The van der Waals surface area contributed by atoms with E-state index in [-0.39, 0.29) is 25.3 Å². The maximum absolute atomic E-state index is 13.0. The number of benzene rings is 1. The molecule has 0 bridgehead atoms. The van der Waals surface area contributed by atoms with E-state index in [4.69, 9.17) is 0 Å². The predicted molar refractivity (Wildman–Crippen MR) is 109 cm³/mol. The van der Waals surface area contributed by atoms with Gasteiger partial charge in [0, 0.05) is 6.42 Å². The standard InChI is InChI=1S/C21H28N4O5/c1-14(2)13-17(19(27)23-25-12-11-18(26)22-21(25)29)16(20(28)24-30)10-6-9-15-7-4-3-5-8-15/h3-9,14,16-17,30H,10-13H2,1-2H3,(H,23,27)(H,24,28)(H,22,26,29)/b9-6+/t16-,17+/m0/s1. The van der Waals surface area contributed by atoms with Gasteiger partial charge in [0.05, 0.1) is 18.4 Å². The van der Waals surface area contributed by atoms with E-state index in [1.165, 1.54) is 0 Å². The molecule has 0 radical (unpaired) electrons. The highest BCUT2D eigenvalue weighted by molar-refractivity contribution is 5.97. The molecular formula is C21H28N4O5. The Morgan fingerprint density at radius 1 is 1.17 bits per heavy atom. The van der Waals surface area contributed by atoms with Crippen molar-refractivity contribution >= 4 is 29.8 Å². The van der Waals surface area contributed by atoms with Crippen LogP contribution < -0.4 is 16.2 Å². The van der Waals surface area contributed by atoms with E-state index >= 15 is 0 Å². The molecule has 1 aromatic rings. The van der Waals surface area contributed by atoms with E-state index < -0.39 is 35.6 Å². The van der Waals surface area contributed by atoms with Gasteiger partial charge in [-0.05, 0) is 24.3 Å². The zero-order valence-corrected chi connectivity index (χ0v) is 17.1. The van der Waals surface area contributed by atoms with Crippen LogP contribution in [0.2, 0.25) is 0 Å². The summed E-state index contributed by atoms with van der Waals surface area (Å²) >= 11 is 0. The molecule has 1 heterocycles. The molecule has 30 heavy (non-hydrogen) atoms. The third kappa shape index (κ3) is 6.70. The fourth-order valence-corrected chi connectivity index (χ4v) is 3.30. The fraction of sp³-hybridized carbons (Fsp3) is 0.429. The van der Waals surface area contributed by atoms with Crippen molar-refractivity contribution in [2.45, 2.75) is 33.1 Å². The Labute approximate surface area is 175 Å². The zero-order valence-electron chi connectivity index (χ0n) is 17.1. The Morgan fingerprint density at radius 3 is 2.47 bits per heavy atom. The van der Waals surface area contributed by atoms with Gasteiger partial charge in [0.15, 0.2) is 0 Å². The second-order valence-corrected chi connectivity index (χ2v) is 7.60. The number of nitrogens with one attached hydrogen (secondary N) is 3. The van der Waals surface area contributed by atoms with Crippen molar-refractivity contribution in [3.8, 4) is 0 Å². The molecule has 1 fully saturated rings. The van der Waals surface area contributed by atoms with Crippen LogP contribution in [0.4, 0.5) is 4.79 Å². The average Bonchev–Trinajstić information content (AvgIpc) is 2.72. The van der Waals surface area contributed by atoms with Crippen LogP contribution in [0.3, 0.4) is 0 Å². The highest BCUT2D eigenvalue weighted by Gasteiger charge is 2.35. The van der Waals surface area contributed by atoms with Crippen molar-refractivity contribution in [2.24, 2.45) is 17.8 Å². The first-order chi connectivity index (χ1) is 14.3. The van der Waals surface area contributed by atoms with Crippen LogP contribution in [0.5, 0.6) is 0 Å². The van der Waals surface area contributed by atoms with Gasteiger partial charge in [-0.25, -0.2) is 15.3 Å². The van der Waals surface area contributed by atoms with E-state index in [0.29, 0.717) is 6.42 Å².